The molecule has 0 bridgehead atoms. The Hall–Kier alpha value is 0.177. The summed E-state index contributed by atoms with van der Waals surface area (Å²) in [5.41, 5.74) is 0. The number of nitrogens with zero attached hydrogens (tertiary/aromatic N) is 1. The fraction of sp³-hybridized carbons (Fsp3) is 0.867. The van der Waals surface area contributed by atoms with Crippen LogP contribution in [-0.2, 0) is 14.3 Å². The van der Waals surface area contributed by atoms with Gasteiger partial charge in [-0.15, -0.1) is 11.8 Å². The summed E-state index contributed by atoms with van der Waals surface area (Å²) in [4.78, 5) is 24.5. The van der Waals surface area contributed by atoms with Crippen molar-refractivity contribution in [3.05, 3.63) is 0 Å². The third-order valence-electron chi connectivity index (χ3n) is 4.01. The topological polar surface area (TPSA) is 55.8 Å². The minimum absolute atomic E-state index is 0.00610. The van der Waals surface area contributed by atoms with Crippen LogP contribution in [0.15, 0.2) is 0 Å². The normalized spacial score (nSPS) is 22.6. The second-order valence-corrected chi connectivity index (χ2v) is 14.0. The first-order valence-electron chi connectivity index (χ1n) is 7.98. The predicted molar refractivity (Wildman–Crippen MR) is 106 cm³/mol. The molecule has 1 rings (SSSR count). The van der Waals surface area contributed by atoms with E-state index in [2.05, 4.69) is 27.3 Å². The summed E-state index contributed by atoms with van der Waals surface area (Å²) in [5, 5.41) is 0.0669. The zero-order chi connectivity index (χ0) is 19.6. The van der Waals surface area contributed by atoms with Crippen molar-refractivity contribution >= 4 is 67.6 Å². The monoisotopic (exact) mass is 448 g/mol. The third kappa shape index (κ3) is 6.38. The standard InChI is InChI=1S/C15H25Cl3NO4SSi/c1-7-24-12-10(11(20)19(12)25(6)14(3,4)5)9(2)23-13(21)22-8-15(16,17)18/h9-10,12H,7-8H2,1-6H3. The molecule has 10 heteroatoms. The van der Waals surface area contributed by atoms with Gasteiger partial charge in [-0.2, -0.15) is 0 Å². The van der Waals surface area contributed by atoms with Crippen LogP contribution in [0, 0.1) is 5.92 Å². The molecule has 0 aromatic carbocycles. The van der Waals surface area contributed by atoms with Gasteiger partial charge < -0.3 is 14.0 Å². The Morgan fingerprint density at radius 3 is 2.36 bits per heavy atom. The van der Waals surface area contributed by atoms with Gasteiger partial charge in [0.05, 0.1) is 5.37 Å². The minimum Gasteiger partial charge on any atom is -0.430 e. The zero-order valence-corrected chi connectivity index (χ0v) is 19.4. The number of amides is 1. The Balaban J connectivity index is 2.73. The Morgan fingerprint density at radius 2 is 1.92 bits per heavy atom. The van der Waals surface area contributed by atoms with Crippen LogP contribution in [0.4, 0.5) is 4.79 Å². The maximum Gasteiger partial charge on any atom is 0.508 e. The molecule has 25 heavy (non-hydrogen) atoms. The molecule has 1 heterocycles. The Bertz CT molecular complexity index is 498. The number of ether oxygens (including phenoxy) is 2. The smallest absolute Gasteiger partial charge is 0.430 e. The molecule has 1 radical (unpaired) electrons. The second kappa shape index (κ2) is 8.91. The average Bonchev–Trinajstić information content (AvgIpc) is 2.43. The van der Waals surface area contributed by atoms with Crippen LogP contribution < -0.4 is 0 Å². The van der Waals surface area contributed by atoms with E-state index in [9.17, 15) is 9.59 Å². The number of hydrogen-bond acceptors (Lipinski definition) is 5. The maximum absolute atomic E-state index is 12.7. The lowest BCUT2D eigenvalue weighted by molar-refractivity contribution is -0.149. The van der Waals surface area contributed by atoms with E-state index in [1.807, 2.05) is 11.5 Å². The molecule has 1 aliphatic heterocycles. The van der Waals surface area contributed by atoms with Crippen molar-refractivity contribution in [3.63, 3.8) is 0 Å². The molecule has 0 aliphatic carbocycles. The van der Waals surface area contributed by atoms with Gasteiger partial charge in [0.25, 0.3) is 0 Å². The van der Waals surface area contributed by atoms with E-state index >= 15 is 0 Å². The summed E-state index contributed by atoms with van der Waals surface area (Å²) in [5.74, 6) is 0.515. The molecule has 0 N–H and O–H groups in total. The molecule has 0 aromatic rings. The maximum atomic E-state index is 12.7. The molecule has 0 spiro atoms. The largest absolute Gasteiger partial charge is 0.508 e. The molecule has 3 atom stereocenters. The number of hydrogen-bond donors (Lipinski definition) is 0. The van der Waals surface area contributed by atoms with Crippen LogP contribution in [0.5, 0.6) is 0 Å². The van der Waals surface area contributed by atoms with Gasteiger partial charge in [0.1, 0.15) is 18.6 Å². The molecule has 1 saturated heterocycles. The van der Waals surface area contributed by atoms with Crippen molar-refractivity contribution in [2.45, 2.75) is 61.5 Å². The van der Waals surface area contributed by atoms with E-state index in [0.717, 1.165) is 5.75 Å². The first kappa shape index (κ1) is 23.2. The Labute approximate surface area is 170 Å². The van der Waals surface area contributed by atoms with E-state index in [4.69, 9.17) is 44.3 Å². The molecule has 3 unspecified atom stereocenters. The van der Waals surface area contributed by atoms with Crippen molar-refractivity contribution in [2.75, 3.05) is 12.4 Å². The first-order valence-corrected chi connectivity index (χ1v) is 12.1. The van der Waals surface area contributed by atoms with E-state index in [1.54, 1.807) is 18.7 Å². The molecule has 0 aromatic heterocycles. The lowest BCUT2D eigenvalue weighted by Crippen LogP contribution is -2.68. The number of β-lactam (4-membered cyclic amide) rings is 1. The Kier molecular flexibility index (Phi) is 8.28. The number of rotatable bonds is 6. The van der Waals surface area contributed by atoms with Crippen LogP contribution >= 0.6 is 46.6 Å². The van der Waals surface area contributed by atoms with Gasteiger partial charge in [-0.1, -0.05) is 69.0 Å². The van der Waals surface area contributed by atoms with Gasteiger partial charge in [-0.05, 0) is 17.7 Å². The lowest BCUT2D eigenvalue weighted by Gasteiger charge is -2.53. The van der Waals surface area contributed by atoms with Crippen molar-refractivity contribution in [1.29, 1.82) is 0 Å². The van der Waals surface area contributed by atoms with E-state index in [0.29, 0.717) is 0 Å². The van der Waals surface area contributed by atoms with Gasteiger partial charge in [0, 0.05) is 0 Å². The van der Waals surface area contributed by atoms with Gasteiger partial charge >= 0.3 is 6.16 Å². The van der Waals surface area contributed by atoms with Crippen molar-refractivity contribution in [2.24, 2.45) is 5.92 Å². The number of carbonyl (C=O) groups excluding carboxylic acids is 2. The number of halogens is 3. The molecule has 1 amide bonds. The van der Waals surface area contributed by atoms with E-state index < -0.39 is 31.6 Å². The average molecular weight is 450 g/mol. The van der Waals surface area contributed by atoms with Crippen LogP contribution in [0.2, 0.25) is 11.6 Å². The van der Waals surface area contributed by atoms with E-state index in [-0.39, 0.29) is 22.2 Å². The summed E-state index contributed by atoms with van der Waals surface area (Å²) >= 11 is 18.3. The fourth-order valence-electron chi connectivity index (χ4n) is 2.39. The zero-order valence-electron chi connectivity index (χ0n) is 15.3. The van der Waals surface area contributed by atoms with Gasteiger partial charge in [0.15, 0.2) is 8.96 Å². The lowest BCUT2D eigenvalue weighted by atomic mass is 9.95. The van der Waals surface area contributed by atoms with Crippen LogP contribution in [0.3, 0.4) is 0 Å². The highest BCUT2D eigenvalue weighted by Crippen LogP contribution is 2.43. The molecule has 0 saturated carbocycles. The van der Waals surface area contributed by atoms with Crippen LogP contribution in [0.1, 0.15) is 34.6 Å². The number of alkyl halides is 3. The van der Waals surface area contributed by atoms with E-state index in [1.165, 1.54) is 0 Å². The molecule has 1 fully saturated rings. The molecule has 1 aliphatic rings. The van der Waals surface area contributed by atoms with Crippen molar-refractivity contribution < 1.29 is 19.1 Å². The summed E-state index contributed by atoms with van der Waals surface area (Å²) in [6.07, 6.45) is -1.55. The van der Waals surface area contributed by atoms with Crippen LogP contribution in [0.25, 0.3) is 0 Å². The quantitative estimate of drug-likeness (QED) is 0.251. The third-order valence-corrected chi connectivity index (χ3v) is 9.10. The summed E-state index contributed by atoms with van der Waals surface area (Å²) < 4.78 is 10.3. The number of carbonyl (C=O) groups is 2. The second-order valence-electron chi connectivity index (χ2n) is 6.89. The SMILES string of the molecule is CCSC1C(C(C)OC(=O)OCC(Cl)(Cl)Cl)C(=O)N1[Si](C)C(C)(C)C. The molecular weight excluding hydrogens is 425 g/mol. The van der Waals surface area contributed by atoms with Gasteiger partial charge in [0.2, 0.25) is 9.70 Å². The van der Waals surface area contributed by atoms with Crippen molar-refractivity contribution in [3.8, 4) is 0 Å². The highest BCUT2D eigenvalue weighted by Gasteiger charge is 2.55. The van der Waals surface area contributed by atoms with Crippen molar-refractivity contribution in [1.82, 2.24) is 4.57 Å². The number of thioether (sulfide) groups is 1. The van der Waals surface area contributed by atoms with Crippen LogP contribution in [-0.4, -0.2) is 53.2 Å². The molecular formula is C15H25Cl3NO4SSi. The molecule has 145 valence electrons. The Morgan fingerprint density at radius 1 is 1.36 bits per heavy atom. The summed E-state index contributed by atoms with van der Waals surface area (Å²) in [7, 11) is -1.05. The van der Waals surface area contributed by atoms with Gasteiger partial charge in [-0.3, -0.25) is 4.79 Å². The summed E-state index contributed by atoms with van der Waals surface area (Å²) in [6, 6.07) is 0. The highest BCUT2D eigenvalue weighted by molar-refractivity contribution is 8.00. The first-order chi connectivity index (χ1) is 11.3. The highest BCUT2D eigenvalue weighted by atomic mass is 35.6. The van der Waals surface area contributed by atoms with Gasteiger partial charge in [-0.25, -0.2) is 4.79 Å². The minimum atomic E-state index is -1.70. The molecule has 5 nitrogen and oxygen atoms in total. The predicted octanol–water partition coefficient (Wildman–Crippen LogP) is 4.86. The summed E-state index contributed by atoms with van der Waals surface area (Å²) in [6.45, 7) is 11.9. The fourth-order valence-corrected chi connectivity index (χ4v) is 6.13.